The number of hydrogen-bond acceptors (Lipinski definition) is 9. The fourth-order valence-electron chi connectivity index (χ4n) is 2.20. The summed E-state index contributed by atoms with van der Waals surface area (Å²) < 4.78 is 25.7. The van der Waals surface area contributed by atoms with Gasteiger partial charge in [-0.1, -0.05) is 5.16 Å². The molecular formula is C19H25N3O7. The number of nitrogens with one attached hydrogen (secondary N) is 1. The predicted molar refractivity (Wildman–Crippen MR) is 101 cm³/mol. The normalized spacial score (nSPS) is 10.9. The number of benzene rings is 1. The van der Waals surface area contributed by atoms with Gasteiger partial charge in [0, 0.05) is 12.6 Å². The minimum Gasteiger partial charge on any atom is -0.497 e. The van der Waals surface area contributed by atoms with Gasteiger partial charge >= 0.3 is 12.1 Å². The highest BCUT2D eigenvalue weighted by molar-refractivity contribution is 5.72. The monoisotopic (exact) mass is 407 g/mol. The summed E-state index contributed by atoms with van der Waals surface area (Å²) in [7, 11) is 3.07. The molecule has 0 fully saturated rings. The first-order valence-electron chi connectivity index (χ1n) is 8.89. The van der Waals surface area contributed by atoms with Crippen molar-refractivity contribution in [1.82, 2.24) is 15.5 Å². The fourth-order valence-corrected chi connectivity index (χ4v) is 2.20. The van der Waals surface area contributed by atoms with Gasteiger partial charge in [-0.2, -0.15) is 4.98 Å². The van der Waals surface area contributed by atoms with E-state index in [0.717, 1.165) is 0 Å². The summed E-state index contributed by atoms with van der Waals surface area (Å²) in [5.74, 6) is 1.04. The average molecular weight is 407 g/mol. The lowest BCUT2D eigenvalue weighted by molar-refractivity contribution is -0.145. The van der Waals surface area contributed by atoms with E-state index in [1.54, 1.807) is 46.1 Å². The maximum atomic E-state index is 11.8. The molecule has 1 N–H and O–H groups in total. The third-order valence-electron chi connectivity index (χ3n) is 3.47. The quantitative estimate of drug-likeness (QED) is 0.658. The van der Waals surface area contributed by atoms with Crippen molar-refractivity contribution >= 4 is 12.1 Å². The molecule has 0 bridgehead atoms. The highest BCUT2D eigenvalue weighted by Gasteiger charge is 2.17. The van der Waals surface area contributed by atoms with Crippen molar-refractivity contribution in [2.75, 3.05) is 20.8 Å². The number of nitrogens with zero attached hydrogens (tertiary/aromatic N) is 2. The summed E-state index contributed by atoms with van der Waals surface area (Å²) in [4.78, 5) is 27.5. The zero-order chi connectivity index (χ0) is 21.4. The van der Waals surface area contributed by atoms with Gasteiger partial charge in [0.25, 0.3) is 5.89 Å². The van der Waals surface area contributed by atoms with Crippen molar-refractivity contribution < 1.29 is 33.1 Å². The van der Waals surface area contributed by atoms with Crippen LogP contribution in [0.25, 0.3) is 11.4 Å². The molecule has 2 rings (SSSR count). The first-order valence-corrected chi connectivity index (χ1v) is 8.89. The van der Waals surface area contributed by atoms with Crippen LogP contribution in [0.5, 0.6) is 11.5 Å². The molecule has 0 radical (unpaired) electrons. The number of amides is 1. The molecule has 0 spiro atoms. The molecular weight excluding hydrogens is 382 g/mol. The molecule has 10 nitrogen and oxygen atoms in total. The van der Waals surface area contributed by atoms with E-state index in [4.69, 9.17) is 23.5 Å². The number of methoxy groups -OCH3 is 2. The summed E-state index contributed by atoms with van der Waals surface area (Å²) >= 11 is 0. The first kappa shape index (κ1) is 22.0. The van der Waals surface area contributed by atoms with Crippen LogP contribution in [0.15, 0.2) is 22.7 Å². The van der Waals surface area contributed by atoms with Crippen molar-refractivity contribution in [3.05, 3.63) is 24.1 Å². The van der Waals surface area contributed by atoms with Gasteiger partial charge in [-0.25, -0.2) is 4.79 Å². The van der Waals surface area contributed by atoms with Crippen LogP contribution in [0.2, 0.25) is 0 Å². The van der Waals surface area contributed by atoms with Gasteiger partial charge in [0.05, 0.1) is 26.2 Å². The Morgan fingerprint density at radius 2 is 1.93 bits per heavy atom. The van der Waals surface area contributed by atoms with Crippen LogP contribution in [0.4, 0.5) is 4.79 Å². The molecule has 0 unspecified atom stereocenters. The van der Waals surface area contributed by atoms with Crippen molar-refractivity contribution in [3.8, 4) is 22.9 Å². The first-order chi connectivity index (χ1) is 13.7. The van der Waals surface area contributed by atoms with E-state index in [1.807, 2.05) is 0 Å². The Hall–Kier alpha value is -3.30. The number of ether oxygens (including phenoxy) is 4. The second-order valence-electron chi connectivity index (χ2n) is 6.92. The standard InChI is InChI=1S/C19H25N3O7/c1-19(2,3)28-18(24)20-9-8-16(23)27-11-15-21-17(22-29-15)13-7-6-12(25-4)10-14(13)26-5/h6-7,10H,8-9,11H2,1-5H3,(H,20,24). The third-order valence-corrected chi connectivity index (χ3v) is 3.47. The summed E-state index contributed by atoms with van der Waals surface area (Å²) in [5, 5.41) is 6.35. The van der Waals surface area contributed by atoms with Gasteiger partial charge in [-0.3, -0.25) is 4.79 Å². The Morgan fingerprint density at radius 1 is 1.17 bits per heavy atom. The van der Waals surface area contributed by atoms with E-state index in [2.05, 4.69) is 15.5 Å². The fraction of sp³-hybridized carbons (Fsp3) is 0.474. The van der Waals surface area contributed by atoms with Gasteiger partial charge in [0.2, 0.25) is 5.82 Å². The van der Waals surface area contributed by atoms with Crippen LogP contribution < -0.4 is 14.8 Å². The maximum Gasteiger partial charge on any atom is 0.407 e. The Morgan fingerprint density at radius 3 is 2.59 bits per heavy atom. The second-order valence-corrected chi connectivity index (χ2v) is 6.92. The number of hydrogen-bond donors (Lipinski definition) is 1. The Balaban J connectivity index is 1.83. The van der Waals surface area contributed by atoms with Crippen LogP contribution in [0, 0.1) is 0 Å². The van der Waals surface area contributed by atoms with E-state index in [-0.39, 0.29) is 25.5 Å². The van der Waals surface area contributed by atoms with Crippen molar-refractivity contribution in [3.63, 3.8) is 0 Å². The van der Waals surface area contributed by atoms with Gasteiger partial charge in [0.1, 0.15) is 17.1 Å². The van der Waals surface area contributed by atoms with Crippen LogP contribution in [-0.4, -0.2) is 48.6 Å². The van der Waals surface area contributed by atoms with Crippen LogP contribution in [0.1, 0.15) is 33.1 Å². The zero-order valence-corrected chi connectivity index (χ0v) is 17.1. The van der Waals surface area contributed by atoms with Crippen molar-refractivity contribution in [1.29, 1.82) is 0 Å². The molecule has 0 aliphatic carbocycles. The Labute approximate surface area is 168 Å². The lowest BCUT2D eigenvalue weighted by Gasteiger charge is -2.19. The molecule has 158 valence electrons. The summed E-state index contributed by atoms with van der Waals surface area (Å²) in [5.41, 5.74) is 0.00324. The van der Waals surface area contributed by atoms with Crippen molar-refractivity contribution in [2.45, 2.75) is 39.4 Å². The molecule has 0 saturated carbocycles. The van der Waals surface area contributed by atoms with E-state index in [1.165, 1.54) is 7.11 Å². The Bertz CT molecular complexity index is 843. The van der Waals surface area contributed by atoms with E-state index >= 15 is 0 Å². The van der Waals surface area contributed by atoms with Crippen molar-refractivity contribution in [2.24, 2.45) is 0 Å². The largest absolute Gasteiger partial charge is 0.497 e. The average Bonchev–Trinajstić information content (AvgIpc) is 3.13. The number of alkyl carbamates (subject to hydrolysis) is 1. The highest BCUT2D eigenvalue weighted by Crippen LogP contribution is 2.31. The van der Waals surface area contributed by atoms with Gasteiger partial charge < -0.3 is 28.8 Å². The van der Waals surface area contributed by atoms with E-state index in [0.29, 0.717) is 22.9 Å². The minimum atomic E-state index is -0.604. The molecule has 1 aromatic carbocycles. The summed E-state index contributed by atoms with van der Waals surface area (Å²) in [6.07, 6.45) is -0.618. The maximum absolute atomic E-state index is 11.8. The highest BCUT2D eigenvalue weighted by atomic mass is 16.6. The molecule has 0 aliphatic rings. The molecule has 1 aromatic heterocycles. The van der Waals surface area contributed by atoms with Gasteiger partial charge in [0.15, 0.2) is 6.61 Å². The minimum absolute atomic E-state index is 0.0213. The molecule has 0 atom stereocenters. The number of aromatic nitrogens is 2. The molecule has 1 heterocycles. The number of esters is 1. The molecule has 10 heteroatoms. The lowest BCUT2D eigenvalue weighted by atomic mass is 10.2. The number of carbonyl (C=O) groups is 2. The molecule has 0 aliphatic heterocycles. The zero-order valence-electron chi connectivity index (χ0n) is 17.1. The number of rotatable bonds is 8. The van der Waals surface area contributed by atoms with E-state index < -0.39 is 17.7 Å². The molecule has 0 saturated heterocycles. The van der Waals surface area contributed by atoms with E-state index in [9.17, 15) is 9.59 Å². The summed E-state index contributed by atoms with van der Waals surface area (Å²) in [6, 6.07) is 5.18. The Kier molecular flexibility index (Phi) is 7.40. The predicted octanol–water partition coefficient (Wildman–Crippen LogP) is 2.71. The smallest absolute Gasteiger partial charge is 0.407 e. The third kappa shape index (κ3) is 6.98. The van der Waals surface area contributed by atoms with Gasteiger partial charge in [-0.05, 0) is 32.9 Å². The summed E-state index contributed by atoms with van der Waals surface area (Å²) in [6.45, 7) is 5.16. The van der Waals surface area contributed by atoms with Gasteiger partial charge in [-0.15, -0.1) is 0 Å². The molecule has 2 aromatic rings. The lowest BCUT2D eigenvalue weighted by Crippen LogP contribution is -2.33. The molecule has 29 heavy (non-hydrogen) atoms. The molecule has 1 amide bonds. The topological polar surface area (TPSA) is 122 Å². The number of carbonyl (C=O) groups excluding carboxylic acids is 2. The van der Waals surface area contributed by atoms with Crippen LogP contribution >= 0.6 is 0 Å². The second kappa shape index (κ2) is 9.76. The SMILES string of the molecule is COc1ccc(-c2noc(COC(=O)CCNC(=O)OC(C)(C)C)n2)c(OC)c1. The van der Waals surface area contributed by atoms with Crippen LogP contribution in [-0.2, 0) is 20.9 Å². The van der Waals surface area contributed by atoms with Crippen LogP contribution in [0.3, 0.4) is 0 Å².